The van der Waals surface area contributed by atoms with Crippen LogP contribution in [0.3, 0.4) is 0 Å². The average molecular weight is 712 g/mol. The van der Waals surface area contributed by atoms with Crippen LogP contribution in [0.1, 0.15) is 0 Å². The Labute approximate surface area is 324 Å². The zero-order valence-electron chi connectivity index (χ0n) is 30.4. The largest absolute Gasteiger partial charge is 0.208 e. The lowest BCUT2D eigenvalue weighted by atomic mass is 9.96. The molecule has 0 saturated carbocycles. The Balaban J connectivity index is 1.07. The van der Waals surface area contributed by atoms with Crippen molar-refractivity contribution in [2.75, 3.05) is 0 Å². The maximum absolute atomic E-state index is 5.26. The number of rotatable bonds is 5. The van der Waals surface area contributed by atoms with Gasteiger partial charge in [0, 0.05) is 16.7 Å². The van der Waals surface area contributed by atoms with E-state index in [1.165, 1.54) is 48.8 Å². The van der Waals surface area contributed by atoms with Crippen LogP contribution in [-0.4, -0.2) is 15.0 Å². The van der Waals surface area contributed by atoms with E-state index in [-0.39, 0.29) is 0 Å². The van der Waals surface area contributed by atoms with E-state index in [2.05, 4.69) is 200 Å². The van der Waals surface area contributed by atoms with Crippen LogP contribution in [0.15, 0.2) is 200 Å². The number of fused-ring (bicyclic) bond motifs is 7. The van der Waals surface area contributed by atoms with Crippen LogP contribution in [0.2, 0.25) is 0 Å². The molecular weight excluding hydrogens is 679 g/mol. The Morgan fingerprint density at radius 1 is 0.214 bits per heavy atom. The molecule has 0 aliphatic carbocycles. The summed E-state index contributed by atoms with van der Waals surface area (Å²) in [5.41, 5.74) is 7.55. The van der Waals surface area contributed by atoms with Crippen LogP contribution in [-0.2, 0) is 0 Å². The standard InChI is InChI=1S/C53H33N3/c1-2-11-34(12-3-1)37-22-23-40-30-38(24-25-39(40)29-37)36-15-10-16-43(31-36)51-54-52(44-27-28-47-42(32-44)26-21-35-13-4-6-17-45(35)47)56-53(55-51)50-33-41-14-5-7-18-46(41)48-19-8-9-20-49(48)50/h1-33H. The van der Waals surface area contributed by atoms with Gasteiger partial charge in [-0.2, -0.15) is 0 Å². The normalized spacial score (nSPS) is 11.6. The Kier molecular flexibility index (Phi) is 7.49. The maximum Gasteiger partial charge on any atom is 0.164 e. The molecule has 260 valence electrons. The first kappa shape index (κ1) is 32.0. The van der Waals surface area contributed by atoms with Gasteiger partial charge in [-0.3, -0.25) is 0 Å². The zero-order valence-corrected chi connectivity index (χ0v) is 30.4. The van der Waals surface area contributed by atoms with Gasteiger partial charge in [0.05, 0.1) is 0 Å². The van der Waals surface area contributed by atoms with Crippen molar-refractivity contribution in [1.82, 2.24) is 15.0 Å². The van der Waals surface area contributed by atoms with Crippen LogP contribution in [0.25, 0.3) is 110 Å². The minimum atomic E-state index is 0.635. The Morgan fingerprint density at radius 3 is 1.43 bits per heavy atom. The fourth-order valence-corrected chi connectivity index (χ4v) is 8.22. The number of hydrogen-bond donors (Lipinski definition) is 0. The van der Waals surface area contributed by atoms with Crippen LogP contribution in [0, 0.1) is 0 Å². The molecule has 3 nitrogen and oxygen atoms in total. The molecule has 11 rings (SSSR count). The summed E-state index contributed by atoms with van der Waals surface area (Å²) in [5.74, 6) is 1.93. The fraction of sp³-hybridized carbons (Fsp3) is 0. The molecule has 56 heavy (non-hydrogen) atoms. The summed E-state index contributed by atoms with van der Waals surface area (Å²) in [5, 5.41) is 11.9. The minimum absolute atomic E-state index is 0.635. The van der Waals surface area contributed by atoms with Gasteiger partial charge in [0.15, 0.2) is 17.5 Å². The van der Waals surface area contributed by atoms with Crippen LogP contribution in [0.5, 0.6) is 0 Å². The van der Waals surface area contributed by atoms with Gasteiger partial charge in [0.2, 0.25) is 0 Å². The summed E-state index contributed by atoms with van der Waals surface area (Å²) in [7, 11) is 0. The smallest absolute Gasteiger partial charge is 0.164 e. The molecule has 0 bridgehead atoms. The monoisotopic (exact) mass is 711 g/mol. The molecule has 0 spiro atoms. The first-order valence-corrected chi connectivity index (χ1v) is 19.0. The van der Waals surface area contributed by atoms with E-state index in [0.717, 1.165) is 44.0 Å². The highest BCUT2D eigenvalue weighted by Gasteiger charge is 2.17. The SMILES string of the molecule is c1ccc(-c2ccc3cc(-c4cccc(-c5nc(-c6ccc7c(ccc8ccccc87)c6)nc(-c6cc7ccccc7c7ccccc67)n5)c4)ccc3c2)cc1. The molecule has 0 N–H and O–H groups in total. The molecule has 0 radical (unpaired) electrons. The zero-order chi connectivity index (χ0) is 37.0. The summed E-state index contributed by atoms with van der Waals surface area (Å²) in [4.78, 5) is 15.7. The van der Waals surface area contributed by atoms with Gasteiger partial charge < -0.3 is 0 Å². The Hall–Kier alpha value is -7.49. The molecule has 0 amide bonds. The first-order chi connectivity index (χ1) is 27.7. The van der Waals surface area contributed by atoms with E-state index in [0.29, 0.717) is 17.5 Å². The van der Waals surface area contributed by atoms with Gasteiger partial charge in [0.1, 0.15) is 0 Å². The van der Waals surface area contributed by atoms with Gasteiger partial charge in [-0.05, 0) is 106 Å². The van der Waals surface area contributed by atoms with Gasteiger partial charge in [-0.25, -0.2) is 15.0 Å². The van der Waals surface area contributed by atoms with E-state index >= 15 is 0 Å². The fourth-order valence-electron chi connectivity index (χ4n) is 8.22. The first-order valence-electron chi connectivity index (χ1n) is 19.0. The van der Waals surface area contributed by atoms with E-state index in [1.807, 2.05) is 0 Å². The average Bonchev–Trinajstić information content (AvgIpc) is 3.28. The number of benzene rings is 10. The predicted molar refractivity (Wildman–Crippen MR) is 235 cm³/mol. The quantitative estimate of drug-likeness (QED) is 0.167. The molecular formula is C53H33N3. The van der Waals surface area contributed by atoms with E-state index in [9.17, 15) is 0 Å². The van der Waals surface area contributed by atoms with Crippen LogP contribution in [0.4, 0.5) is 0 Å². The molecule has 11 aromatic rings. The molecule has 3 heteroatoms. The van der Waals surface area contributed by atoms with Crippen molar-refractivity contribution in [3.8, 4) is 56.4 Å². The number of hydrogen-bond acceptors (Lipinski definition) is 3. The molecule has 1 aromatic heterocycles. The summed E-state index contributed by atoms with van der Waals surface area (Å²) >= 11 is 0. The molecule has 0 unspecified atom stereocenters. The molecule has 1 heterocycles. The van der Waals surface area contributed by atoms with Crippen molar-refractivity contribution in [3.63, 3.8) is 0 Å². The highest BCUT2D eigenvalue weighted by atomic mass is 15.0. The van der Waals surface area contributed by atoms with Gasteiger partial charge in [-0.15, -0.1) is 0 Å². The van der Waals surface area contributed by atoms with Gasteiger partial charge in [-0.1, -0.05) is 170 Å². The van der Waals surface area contributed by atoms with Crippen LogP contribution < -0.4 is 0 Å². The molecule has 0 atom stereocenters. The molecule has 0 aliphatic rings. The van der Waals surface area contributed by atoms with E-state index < -0.39 is 0 Å². The lowest BCUT2D eigenvalue weighted by molar-refractivity contribution is 1.08. The number of nitrogens with zero attached hydrogens (tertiary/aromatic N) is 3. The third kappa shape index (κ3) is 5.57. The van der Waals surface area contributed by atoms with Crippen LogP contribution >= 0.6 is 0 Å². The summed E-state index contributed by atoms with van der Waals surface area (Å²) in [6, 6.07) is 71.3. The number of aromatic nitrogens is 3. The lowest BCUT2D eigenvalue weighted by Gasteiger charge is -2.13. The van der Waals surface area contributed by atoms with Gasteiger partial charge >= 0.3 is 0 Å². The lowest BCUT2D eigenvalue weighted by Crippen LogP contribution is -2.01. The Bertz CT molecular complexity index is 3310. The third-order valence-electron chi connectivity index (χ3n) is 11.0. The highest BCUT2D eigenvalue weighted by molar-refractivity contribution is 6.13. The van der Waals surface area contributed by atoms with Crippen molar-refractivity contribution in [2.24, 2.45) is 0 Å². The molecule has 0 fully saturated rings. The molecule has 0 saturated heterocycles. The minimum Gasteiger partial charge on any atom is -0.208 e. The second-order valence-electron chi connectivity index (χ2n) is 14.4. The highest BCUT2D eigenvalue weighted by Crippen LogP contribution is 2.37. The van der Waals surface area contributed by atoms with E-state index in [1.54, 1.807) is 0 Å². The van der Waals surface area contributed by atoms with Crippen molar-refractivity contribution < 1.29 is 0 Å². The van der Waals surface area contributed by atoms with Crippen molar-refractivity contribution in [2.45, 2.75) is 0 Å². The van der Waals surface area contributed by atoms with Gasteiger partial charge in [0.25, 0.3) is 0 Å². The second kappa shape index (κ2) is 13.1. The van der Waals surface area contributed by atoms with Crippen molar-refractivity contribution >= 4 is 53.9 Å². The Morgan fingerprint density at radius 2 is 0.661 bits per heavy atom. The van der Waals surface area contributed by atoms with Crippen molar-refractivity contribution in [3.05, 3.63) is 200 Å². The van der Waals surface area contributed by atoms with Crippen molar-refractivity contribution in [1.29, 1.82) is 0 Å². The topological polar surface area (TPSA) is 38.7 Å². The predicted octanol–water partition coefficient (Wildman–Crippen LogP) is 14.0. The summed E-state index contributed by atoms with van der Waals surface area (Å²) in [6.07, 6.45) is 0. The van der Waals surface area contributed by atoms with E-state index in [4.69, 9.17) is 15.0 Å². The summed E-state index contributed by atoms with van der Waals surface area (Å²) < 4.78 is 0. The maximum atomic E-state index is 5.26. The summed E-state index contributed by atoms with van der Waals surface area (Å²) in [6.45, 7) is 0. The second-order valence-corrected chi connectivity index (χ2v) is 14.4. The third-order valence-corrected chi connectivity index (χ3v) is 11.0. The molecule has 10 aromatic carbocycles. The molecule has 0 aliphatic heterocycles.